The Morgan fingerprint density at radius 3 is 2.46 bits per heavy atom. The molecule has 1 saturated carbocycles. The minimum Gasteiger partial charge on any atom is -0.444 e. The molecule has 2 amide bonds. The predicted octanol–water partition coefficient (Wildman–Crippen LogP) is 4.14. The van der Waals surface area contributed by atoms with Crippen LogP contribution in [0.1, 0.15) is 77.8 Å². The number of nitrogens with zero attached hydrogens (tertiary/aromatic N) is 1. The molecule has 0 bridgehead atoms. The number of carbonyl (C=O) groups is 2. The number of pyridine rings is 1. The molecule has 2 rings (SSSR count). The van der Waals surface area contributed by atoms with E-state index in [9.17, 15) is 9.59 Å². The maximum Gasteiger partial charge on any atom is 0.408 e. The number of aryl methyl sites for hydroxylation is 1. The standard InChI is InChI=1S/C22H35N3O3/c1-21(2,3)28-20(27)25-22(14-7-4-5-8-15-22)17-24-19(26)13-10-12-18-11-6-9-16-23-18/h6,9,11,16H,4-5,7-8,10,12-15,17H2,1-3H3,(H,24,26)(H,25,27). The highest BCUT2D eigenvalue weighted by atomic mass is 16.6. The molecule has 1 aromatic heterocycles. The highest BCUT2D eigenvalue weighted by Crippen LogP contribution is 2.27. The van der Waals surface area contributed by atoms with Crippen molar-refractivity contribution in [1.29, 1.82) is 0 Å². The Morgan fingerprint density at radius 1 is 1.14 bits per heavy atom. The Hall–Kier alpha value is -2.11. The van der Waals surface area contributed by atoms with Gasteiger partial charge in [-0.2, -0.15) is 0 Å². The van der Waals surface area contributed by atoms with Crippen molar-refractivity contribution in [3.8, 4) is 0 Å². The first-order valence-electron chi connectivity index (χ1n) is 10.5. The van der Waals surface area contributed by atoms with Crippen LogP contribution in [0.4, 0.5) is 4.79 Å². The molecule has 0 unspecified atom stereocenters. The van der Waals surface area contributed by atoms with Crippen molar-refractivity contribution in [2.75, 3.05) is 6.54 Å². The normalized spacial score (nSPS) is 16.7. The molecular weight excluding hydrogens is 354 g/mol. The van der Waals surface area contributed by atoms with E-state index in [1.807, 2.05) is 39.0 Å². The van der Waals surface area contributed by atoms with Crippen molar-refractivity contribution in [1.82, 2.24) is 15.6 Å². The van der Waals surface area contributed by atoms with Crippen molar-refractivity contribution >= 4 is 12.0 Å². The molecular formula is C22H35N3O3. The molecule has 6 nitrogen and oxygen atoms in total. The number of nitrogens with one attached hydrogen (secondary N) is 2. The van der Waals surface area contributed by atoms with Gasteiger partial charge >= 0.3 is 6.09 Å². The number of hydrogen-bond donors (Lipinski definition) is 2. The first kappa shape index (κ1) is 22.2. The number of carbonyl (C=O) groups excluding carboxylic acids is 2. The Bertz CT molecular complexity index is 618. The second kappa shape index (κ2) is 10.4. The average Bonchev–Trinajstić information content (AvgIpc) is 2.85. The number of alkyl carbamates (subject to hydrolysis) is 1. The summed E-state index contributed by atoms with van der Waals surface area (Å²) >= 11 is 0. The summed E-state index contributed by atoms with van der Waals surface area (Å²) in [5.74, 6) is 0.0190. The molecule has 1 heterocycles. The fraction of sp³-hybridized carbons (Fsp3) is 0.682. The first-order valence-corrected chi connectivity index (χ1v) is 10.5. The van der Waals surface area contributed by atoms with Gasteiger partial charge in [-0.15, -0.1) is 0 Å². The molecule has 2 N–H and O–H groups in total. The van der Waals surface area contributed by atoms with Gasteiger partial charge < -0.3 is 15.4 Å². The van der Waals surface area contributed by atoms with Crippen molar-refractivity contribution in [3.63, 3.8) is 0 Å². The summed E-state index contributed by atoms with van der Waals surface area (Å²) < 4.78 is 5.46. The van der Waals surface area contributed by atoms with Gasteiger partial charge in [0.2, 0.25) is 5.91 Å². The molecule has 1 aliphatic carbocycles. The second-order valence-corrected chi connectivity index (χ2v) is 8.77. The lowest BCUT2D eigenvalue weighted by atomic mass is 9.90. The van der Waals surface area contributed by atoms with E-state index in [0.717, 1.165) is 57.1 Å². The van der Waals surface area contributed by atoms with E-state index in [1.54, 1.807) is 6.20 Å². The van der Waals surface area contributed by atoms with E-state index in [-0.39, 0.29) is 5.91 Å². The molecule has 0 spiro atoms. The third kappa shape index (κ3) is 8.28. The van der Waals surface area contributed by atoms with E-state index in [1.165, 1.54) is 0 Å². The summed E-state index contributed by atoms with van der Waals surface area (Å²) in [6, 6.07) is 5.82. The lowest BCUT2D eigenvalue weighted by Crippen LogP contribution is -2.56. The lowest BCUT2D eigenvalue weighted by molar-refractivity contribution is -0.121. The van der Waals surface area contributed by atoms with Gasteiger partial charge in [-0.3, -0.25) is 9.78 Å². The number of aromatic nitrogens is 1. The lowest BCUT2D eigenvalue weighted by Gasteiger charge is -2.35. The molecule has 0 atom stereocenters. The highest BCUT2D eigenvalue weighted by molar-refractivity contribution is 5.76. The van der Waals surface area contributed by atoms with Crippen molar-refractivity contribution in [3.05, 3.63) is 30.1 Å². The van der Waals surface area contributed by atoms with Gasteiger partial charge in [0.25, 0.3) is 0 Å². The smallest absolute Gasteiger partial charge is 0.408 e. The molecule has 28 heavy (non-hydrogen) atoms. The minimum absolute atomic E-state index is 0.0190. The van der Waals surface area contributed by atoms with E-state index in [0.29, 0.717) is 13.0 Å². The summed E-state index contributed by atoms with van der Waals surface area (Å²) in [4.78, 5) is 29.0. The first-order chi connectivity index (χ1) is 13.3. The molecule has 0 saturated heterocycles. The Balaban J connectivity index is 1.85. The highest BCUT2D eigenvalue weighted by Gasteiger charge is 2.34. The van der Waals surface area contributed by atoms with Crippen LogP contribution in [-0.2, 0) is 16.0 Å². The van der Waals surface area contributed by atoms with E-state index in [2.05, 4.69) is 15.6 Å². The quantitative estimate of drug-likeness (QED) is 0.687. The van der Waals surface area contributed by atoms with Crippen LogP contribution in [0.25, 0.3) is 0 Å². The van der Waals surface area contributed by atoms with Crippen LogP contribution in [0, 0.1) is 0 Å². The van der Waals surface area contributed by atoms with Crippen LogP contribution >= 0.6 is 0 Å². The largest absolute Gasteiger partial charge is 0.444 e. The molecule has 6 heteroatoms. The summed E-state index contributed by atoms with van der Waals surface area (Å²) in [6.07, 6.45) is 9.51. The number of amides is 2. The third-order valence-corrected chi connectivity index (χ3v) is 5.01. The van der Waals surface area contributed by atoms with E-state index < -0.39 is 17.2 Å². The van der Waals surface area contributed by atoms with Gasteiger partial charge in [-0.05, 0) is 58.6 Å². The van der Waals surface area contributed by atoms with Gasteiger partial charge in [-0.25, -0.2) is 4.79 Å². The molecule has 0 aromatic carbocycles. The van der Waals surface area contributed by atoms with Gasteiger partial charge in [-0.1, -0.05) is 31.7 Å². The Labute approximate surface area is 168 Å². The zero-order chi connectivity index (χ0) is 20.5. The van der Waals surface area contributed by atoms with Crippen LogP contribution in [0.5, 0.6) is 0 Å². The number of rotatable bonds is 7. The molecule has 1 aromatic rings. The maximum atomic E-state index is 12.4. The molecule has 156 valence electrons. The molecule has 0 aliphatic heterocycles. The summed E-state index contributed by atoms with van der Waals surface area (Å²) in [7, 11) is 0. The maximum absolute atomic E-state index is 12.4. The van der Waals surface area contributed by atoms with Gasteiger partial charge in [0.05, 0.1) is 5.54 Å². The zero-order valence-electron chi connectivity index (χ0n) is 17.6. The fourth-order valence-corrected chi connectivity index (χ4v) is 3.60. The average molecular weight is 390 g/mol. The third-order valence-electron chi connectivity index (χ3n) is 5.01. The van der Waals surface area contributed by atoms with Gasteiger partial charge in [0.15, 0.2) is 0 Å². The van der Waals surface area contributed by atoms with Crippen LogP contribution in [-0.4, -0.2) is 34.7 Å². The topological polar surface area (TPSA) is 80.3 Å². The number of ether oxygens (including phenoxy) is 1. The van der Waals surface area contributed by atoms with Crippen LogP contribution in [0.3, 0.4) is 0 Å². The zero-order valence-corrected chi connectivity index (χ0v) is 17.6. The fourth-order valence-electron chi connectivity index (χ4n) is 3.60. The predicted molar refractivity (Wildman–Crippen MR) is 110 cm³/mol. The van der Waals surface area contributed by atoms with Crippen molar-refractivity contribution < 1.29 is 14.3 Å². The van der Waals surface area contributed by atoms with E-state index >= 15 is 0 Å². The monoisotopic (exact) mass is 389 g/mol. The van der Waals surface area contributed by atoms with Gasteiger partial charge in [0, 0.05) is 24.9 Å². The van der Waals surface area contributed by atoms with Crippen molar-refractivity contribution in [2.24, 2.45) is 0 Å². The van der Waals surface area contributed by atoms with Crippen LogP contribution in [0.2, 0.25) is 0 Å². The minimum atomic E-state index is -0.537. The van der Waals surface area contributed by atoms with Crippen LogP contribution < -0.4 is 10.6 Å². The molecule has 0 radical (unpaired) electrons. The SMILES string of the molecule is CC(C)(C)OC(=O)NC1(CNC(=O)CCCc2ccccn2)CCCCCC1. The van der Waals surface area contributed by atoms with Crippen molar-refractivity contribution in [2.45, 2.75) is 89.7 Å². The summed E-state index contributed by atoms with van der Waals surface area (Å²) in [6.45, 7) is 6.02. The van der Waals surface area contributed by atoms with Crippen LogP contribution in [0.15, 0.2) is 24.4 Å². The number of hydrogen-bond acceptors (Lipinski definition) is 4. The molecule has 1 aliphatic rings. The van der Waals surface area contributed by atoms with Gasteiger partial charge in [0.1, 0.15) is 5.60 Å². The summed E-state index contributed by atoms with van der Waals surface area (Å²) in [5, 5.41) is 6.13. The second-order valence-electron chi connectivity index (χ2n) is 8.77. The van der Waals surface area contributed by atoms with E-state index in [4.69, 9.17) is 4.74 Å². The Kier molecular flexibility index (Phi) is 8.27. The summed E-state index contributed by atoms with van der Waals surface area (Å²) in [5.41, 5.74) is 0.0438. The Morgan fingerprint density at radius 2 is 1.86 bits per heavy atom. The molecule has 1 fully saturated rings.